The molecule has 1 aliphatic carbocycles. The van der Waals surface area contributed by atoms with E-state index >= 15 is 0 Å². The Morgan fingerprint density at radius 1 is 0.477 bits per heavy atom. The van der Waals surface area contributed by atoms with Gasteiger partial charge in [-0.1, -0.05) is 122 Å². The van der Waals surface area contributed by atoms with Crippen LogP contribution in [0.5, 0.6) is 0 Å². The molecule has 44 heavy (non-hydrogen) atoms. The van der Waals surface area contributed by atoms with Gasteiger partial charge in [-0.05, 0) is 104 Å². The molecule has 0 radical (unpaired) electrons. The highest BCUT2D eigenvalue weighted by Gasteiger charge is 2.18. The number of nitrogens with zero attached hydrogens (tertiary/aromatic N) is 1. The molecule has 0 spiro atoms. The second-order valence-electron chi connectivity index (χ2n) is 12.2. The molecule has 1 aliphatic rings. The molecule has 1 heteroatoms. The molecule has 1 heterocycles. The van der Waals surface area contributed by atoms with Crippen molar-refractivity contribution in [1.29, 1.82) is 0 Å². The smallest absolute Gasteiger partial charge is 0.0541 e. The van der Waals surface area contributed by atoms with Crippen molar-refractivity contribution in [2.45, 2.75) is 13.3 Å². The van der Waals surface area contributed by atoms with Crippen LogP contribution in [-0.4, -0.2) is 4.57 Å². The Balaban J connectivity index is 1.13. The average Bonchev–Trinajstić information content (AvgIpc) is 3.43. The highest BCUT2D eigenvalue weighted by molar-refractivity contribution is 6.14. The largest absolute Gasteiger partial charge is 0.309 e. The fourth-order valence-electron chi connectivity index (χ4n) is 7.41. The van der Waals surface area contributed by atoms with E-state index < -0.39 is 0 Å². The van der Waals surface area contributed by atoms with Gasteiger partial charge in [0.25, 0.3) is 0 Å². The molecule has 0 amide bonds. The van der Waals surface area contributed by atoms with Gasteiger partial charge in [-0.2, -0.15) is 0 Å². The predicted octanol–water partition coefficient (Wildman–Crippen LogP) is 11.6. The minimum Gasteiger partial charge on any atom is -0.309 e. The van der Waals surface area contributed by atoms with E-state index in [0.717, 1.165) is 6.42 Å². The first-order valence-corrected chi connectivity index (χ1v) is 15.6. The maximum atomic E-state index is 2.41. The molecular weight excluding hydrogens is 530 g/mol. The summed E-state index contributed by atoms with van der Waals surface area (Å²) in [4.78, 5) is 0. The molecule has 1 aromatic heterocycles. The fraction of sp³-hybridized carbons (Fsp3) is 0.0698. The van der Waals surface area contributed by atoms with Crippen molar-refractivity contribution in [2.75, 3.05) is 0 Å². The van der Waals surface area contributed by atoms with Crippen molar-refractivity contribution in [2.24, 2.45) is 5.92 Å². The van der Waals surface area contributed by atoms with Crippen LogP contribution in [0.25, 0.3) is 77.4 Å². The van der Waals surface area contributed by atoms with E-state index in [2.05, 4.69) is 163 Å². The van der Waals surface area contributed by atoms with Gasteiger partial charge in [0.2, 0.25) is 0 Å². The van der Waals surface area contributed by atoms with Crippen molar-refractivity contribution in [3.05, 3.63) is 157 Å². The lowest BCUT2D eigenvalue weighted by Crippen LogP contribution is -2.05. The maximum absolute atomic E-state index is 2.41. The minimum absolute atomic E-state index is 0.560. The van der Waals surface area contributed by atoms with E-state index in [-0.39, 0.29) is 0 Å². The van der Waals surface area contributed by atoms with Gasteiger partial charge in [0.1, 0.15) is 0 Å². The molecule has 0 fully saturated rings. The lowest BCUT2D eigenvalue weighted by Gasteiger charge is -2.21. The molecule has 0 saturated heterocycles. The summed E-state index contributed by atoms with van der Waals surface area (Å²) in [6.45, 7) is 2.32. The molecule has 0 bridgehead atoms. The molecule has 0 N–H and O–H groups in total. The van der Waals surface area contributed by atoms with Crippen LogP contribution in [0.2, 0.25) is 0 Å². The second-order valence-corrected chi connectivity index (χ2v) is 12.2. The first-order valence-electron chi connectivity index (χ1n) is 15.6. The molecule has 208 valence electrons. The van der Waals surface area contributed by atoms with Gasteiger partial charge in [-0.3, -0.25) is 0 Å². The second kappa shape index (κ2) is 9.82. The first kappa shape index (κ1) is 25.1. The molecule has 9 rings (SSSR count). The highest BCUT2D eigenvalue weighted by Crippen LogP contribution is 2.40. The summed E-state index contributed by atoms with van der Waals surface area (Å²) < 4.78 is 2.37. The molecule has 1 unspecified atom stereocenters. The van der Waals surface area contributed by atoms with E-state index in [0.29, 0.717) is 5.92 Å². The summed E-state index contributed by atoms with van der Waals surface area (Å²) in [6, 6.07) is 51.3. The molecule has 1 atom stereocenters. The molecule has 8 aromatic rings. The van der Waals surface area contributed by atoms with E-state index in [4.69, 9.17) is 0 Å². The van der Waals surface area contributed by atoms with Crippen LogP contribution in [0.3, 0.4) is 0 Å². The van der Waals surface area contributed by atoms with Crippen molar-refractivity contribution in [3.63, 3.8) is 0 Å². The zero-order chi connectivity index (χ0) is 29.2. The van der Waals surface area contributed by atoms with Crippen LogP contribution < -0.4 is 0 Å². The van der Waals surface area contributed by atoms with Gasteiger partial charge in [-0.15, -0.1) is 0 Å². The molecular formula is C43H31N. The number of fused-ring (bicyclic) bond motifs is 9. The normalized spacial score (nSPS) is 14.5. The summed E-state index contributed by atoms with van der Waals surface area (Å²) in [5.41, 5.74) is 11.5. The third-order valence-corrected chi connectivity index (χ3v) is 9.53. The quantitative estimate of drug-likeness (QED) is 0.189. The molecule has 0 saturated carbocycles. The number of rotatable bonds is 3. The van der Waals surface area contributed by atoms with Crippen LogP contribution in [0.1, 0.15) is 18.1 Å². The lowest BCUT2D eigenvalue weighted by atomic mass is 9.83. The Labute approximate surface area is 257 Å². The summed E-state index contributed by atoms with van der Waals surface area (Å²) >= 11 is 0. The van der Waals surface area contributed by atoms with E-state index in [1.807, 2.05) is 0 Å². The summed E-state index contributed by atoms with van der Waals surface area (Å²) in [5, 5.41) is 7.99. The summed E-state index contributed by atoms with van der Waals surface area (Å²) in [5.74, 6) is 0.560. The van der Waals surface area contributed by atoms with E-state index in [1.165, 1.54) is 82.4 Å². The standard InChI is InChI=1S/C43H31N/c1-28-17-23-36-34-11-2-3-12-35(34)41-27-32(20-24-37(41)40(36)25-28)31-10-8-9-30(26-31)29-18-21-33(22-19-29)44-42-15-6-4-13-38(42)39-14-5-7-16-43(39)44/h2-24,26-28H,25H2,1H3. The van der Waals surface area contributed by atoms with Crippen LogP contribution in [-0.2, 0) is 6.42 Å². The van der Waals surface area contributed by atoms with Gasteiger partial charge in [0, 0.05) is 16.5 Å². The van der Waals surface area contributed by atoms with E-state index in [9.17, 15) is 0 Å². The number of hydrogen-bond acceptors (Lipinski definition) is 0. The zero-order valence-corrected chi connectivity index (χ0v) is 24.7. The molecule has 7 aromatic carbocycles. The Hall–Kier alpha value is -5.40. The minimum atomic E-state index is 0.560. The molecule has 0 aliphatic heterocycles. The van der Waals surface area contributed by atoms with Crippen molar-refractivity contribution in [1.82, 2.24) is 4.57 Å². The van der Waals surface area contributed by atoms with Gasteiger partial charge in [0.05, 0.1) is 11.0 Å². The average molecular weight is 562 g/mol. The number of para-hydroxylation sites is 2. The predicted molar refractivity (Wildman–Crippen MR) is 189 cm³/mol. The Kier molecular flexibility index (Phi) is 5.61. The van der Waals surface area contributed by atoms with Gasteiger partial charge in [0.15, 0.2) is 0 Å². The number of benzene rings is 7. The Bertz CT molecular complexity index is 2370. The topological polar surface area (TPSA) is 4.93 Å². The van der Waals surface area contributed by atoms with Crippen molar-refractivity contribution < 1.29 is 0 Å². The van der Waals surface area contributed by atoms with E-state index in [1.54, 1.807) is 0 Å². The maximum Gasteiger partial charge on any atom is 0.0541 e. The highest BCUT2D eigenvalue weighted by atomic mass is 15.0. The lowest BCUT2D eigenvalue weighted by molar-refractivity contribution is 0.722. The number of allylic oxidation sites excluding steroid dienone is 1. The summed E-state index contributed by atoms with van der Waals surface area (Å²) in [7, 11) is 0. The first-order chi connectivity index (χ1) is 21.7. The Morgan fingerprint density at radius 3 is 1.80 bits per heavy atom. The van der Waals surface area contributed by atoms with Gasteiger partial charge in [-0.25, -0.2) is 0 Å². The third-order valence-electron chi connectivity index (χ3n) is 9.53. The van der Waals surface area contributed by atoms with Gasteiger partial charge >= 0.3 is 0 Å². The van der Waals surface area contributed by atoms with Crippen molar-refractivity contribution >= 4 is 49.4 Å². The van der Waals surface area contributed by atoms with Crippen LogP contribution >= 0.6 is 0 Å². The van der Waals surface area contributed by atoms with Crippen molar-refractivity contribution in [3.8, 4) is 27.9 Å². The van der Waals surface area contributed by atoms with Gasteiger partial charge < -0.3 is 4.57 Å². The molecule has 1 nitrogen and oxygen atoms in total. The Morgan fingerprint density at radius 2 is 1.07 bits per heavy atom. The number of aromatic nitrogens is 1. The zero-order valence-electron chi connectivity index (χ0n) is 24.7. The summed E-state index contributed by atoms with van der Waals surface area (Å²) in [6.07, 6.45) is 5.79. The van der Waals surface area contributed by atoms with Crippen LogP contribution in [0, 0.1) is 5.92 Å². The number of hydrogen-bond donors (Lipinski definition) is 0. The van der Waals surface area contributed by atoms with Crippen LogP contribution in [0.4, 0.5) is 0 Å². The van der Waals surface area contributed by atoms with Crippen LogP contribution in [0.15, 0.2) is 146 Å². The monoisotopic (exact) mass is 561 g/mol. The SMILES string of the molecule is CC1C=Cc2c(c3ccc(-c4cccc(-c5ccc(-n6c7ccccc7c7ccccc76)cc5)c4)cc3c3ccccc23)C1. The fourth-order valence-corrected chi connectivity index (χ4v) is 7.41. The third kappa shape index (κ3) is 3.86.